The first-order valence-electron chi connectivity index (χ1n) is 3.98. The van der Waals surface area contributed by atoms with Crippen LogP contribution in [0.4, 0.5) is 0 Å². The van der Waals surface area contributed by atoms with E-state index < -0.39 is 23.5 Å². The van der Waals surface area contributed by atoms with Gasteiger partial charge in [0.2, 0.25) is 0 Å². The van der Waals surface area contributed by atoms with Crippen LogP contribution >= 0.6 is 0 Å². The molecule has 0 aliphatic heterocycles. The second-order valence-corrected chi connectivity index (χ2v) is 2.31. The van der Waals surface area contributed by atoms with E-state index in [-0.39, 0.29) is 6.42 Å². The van der Waals surface area contributed by atoms with Crippen LogP contribution in [-0.4, -0.2) is 18.9 Å². The van der Waals surface area contributed by atoms with E-state index in [1.54, 1.807) is 0 Å². The molecule has 0 amide bonds. The van der Waals surface area contributed by atoms with Crippen LogP contribution in [0.2, 0.25) is 0 Å². The van der Waals surface area contributed by atoms with Gasteiger partial charge in [0.15, 0.2) is 0 Å². The molecule has 1 rings (SSSR count). The van der Waals surface area contributed by atoms with Gasteiger partial charge in [-0.25, -0.2) is 0 Å². The van der Waals surface area contributed by atoms with E-state index in [0.29, 0.717) is 0 Å². The molecule has 0 saturated heterocycles. The van der Waals surface area contributed by atoms with Crippen LogP contribution in [0.1, 0.15) is 22.5 Å². The molecule has 0 spiro atoms. The van der Waals surface area contributed by atoms with Gasteiger partial charge in [-0.1, -0.05) is 0 Å². The highest BCUT2D eigenvalue weighted by atomic mass is 16.5. The predicted molar refractivity (Wildman–Crippen MR) is 34.4 cm³/mol. The van der Waals surface area contributed by atoms with Crippen molar-refractivity contribution < 1.29 is 17.1 Å². The zero-order valence-corrected chi connectivity index (χ0v) is 5.93. The maximum Gasteiger partial charge on any atom is 0.319 e. The monoisotopic (exact) mass is 144 g/mol. The molecule has 0 aromatic carbocycles. The van der Waals surface area contributed by atoms with Gasteiger partial charge in [0, 0.05) is 2.74 Å². The minimum Gasteiger partial charge on any atom is -0.468 e. The highest BCUT2D eigenvalue weighted by molar-refractivity contribution is 6.05. The maximum absolute atomic E-state index is 11.1. The van der Waals surface area contributed by atoms with E-state index in [9.17, 15) is 9.59 Å². The molecule has 56 valence electrons. The molecular formula is C7H10O3. The summed E-state index contributed by atoms with van der Waals surface area (Å²) >= 11 is 0. The lowest BCUT2D eigenvalue weighted by Crippen LogP contribution is -2.24. The molecule has 3 heteroatoms. The summed E-state index contributed by atoms with van der Waals surface area (Å²) < 4.78 is 18.9. The fourth-order valence-corrected chi connectivity index (χ4v) is 0.800. The van der Waals surface area contributed by atoms with Gasteiger partial charge >= 0.3 is 5.97 Å². The van der Waals surface area contributed by atoms with Gasteiger partial charge in [-0.3, -0.25) is 9.59 Å². The van der Waals surface area contributed by atoms with Crippen LogP contribution in [0, 0.1) is 5.41 Å². The molecule has 1 saturated carbocycles. The molecule has 1 aliphatic rings. The smallest absolute Gasteiger partial charge is 0.319 e. The molecule has 1 aliphatic carbocycles. The van der Waals surface area contributed by atoms with Crippen molar-refractivity contribution in [1.82, 2.24) is 0 Å². The van der Waals surface area contributed by atoms with E-state index in [4.69, 9.17) is 2.74 Å². The van der Waals surface area contributed by atoms with Crippen molar-refractivity contribution in [3.63, 3.8) is 0 Å². The summed E-state index contributed by atoms with van der Waals surface area (Å²) in [5.41, 5.74) is -1.51. The Labute approximate surface area is 62.2 Å². The Morgan fingerprint density at radius 3 is 2.30 bits per heavy atom. The van der Waals surface area contributed by atoms with Crippen molar-refractivity contribution >= 4 is 11.8 Å². The standard InChI is InChI=1S/C7H10O3/c1-5(8)7(3-4-7)6(9)10-2/h3-4H2,1-2H3/i3D2. The summed E-state index contributed by atoms with van der Waals surface area (Å²) in [5, 5.41) is 0. The molecule has 10 heavy (non-hydrogen) atoms. The molecule has 1 unspecified atom stereocenters. The van der Waals surface area contributed by atoms with Crippen LogP contribution in [0.15, 0.2) is 0 Å². The molecule has 1 fully saturated rings. The second kappa shape index (κ2) is 2.08. The van der Waals surface area contributed by atoms with Crippen molar-refractivity contribution in [2.75, 3.05) is 7.11 Å². The van der Waals surface area contributed by atoms with Crippen LogP contribution in [0.25, 0.3) is 0 Å². The molecular weight excluding hydrogens is 132 g/mol. The van der Waals surface area contributed by atoms with Crippen LogP contribution < -0.4 is 0 Å². The third kappa shape index (κ3) is 0.818. The molecule has 0 radical (unpaired) electrons. The summed E-state index contributed by atoms with van der Waals surface area (Å²) in [7, 11) is 1.15. The van der Waals surface area contributed by atoms with Crippen molar-refractivity contribution in [1.29, 1.82) is 0 Å². The maximum atomic E-state index is 11.1. The quantitative estimate of drug-likeness (QED) is 0.419. The highest BCUT2D eigenvalue weighted by Crippen LogP contribution is 2.47. The fraction of sp³-hybridized carbons (Fsp3) is 0.714. The first-order valence-corrected chi connectivity index (χ1v) is 2.98. The van der Waals surface area contributed by atoms with Crippen LogP contribution in [0.3, 0.4) is 0 Å². The fourth-order valence-electron chi connectivity index (χ4n) is 0.800. The summed E-state index contributed by atoms with van der Waals surface area (Å²) in [4.78, 5) is 22.1. The van der Waals surface area contributed by atoms with Gasteiger partial charge < -0.3 is 4.74 Å². The van der Waals surface area contributed by atoms with Crippen molar-refractivity contribution in [3.8, 4) is 0 Å². The van der Waals surface area contributed by atoms with Gasteiger partial charge in [-0.15, -0.1) is 0 Å². The Hall–Kier alpha value is -0.860. The van der Waals surface area contributed by atoms with Gasteiger partial charge in [-0.2, -0.15) is 0 Å². The summed E-state index contributed by atoms with van der Waals surface area (Å²) in [6.07, 6.45) is -1.77. The van der Waals surface area contributed by atoms with E-state index in [2.05, 4.69) is 4.74 Å². The molecule has 3 nitrogen and oxygen atoms in total. The SMILES string of the molecule is [2H]C1([2H])CC1(C(C)=O)C(=O)OC. The lowest BCUT2D eigenvalue weighted by Gasteiger charge is -2.06. The number of carbonyl (C=O) groups excluding carboxylic acids is 2. The predicted octanol–water partition coefficient (Wildman–Crippen LogP) is 0.529. The number of rotatable bonds is 2. The van der Waals surface area contributed by atoms with E-state index in [1.807, 2.05) is 0 Å². The zero-order chi connectivity index (χ0) is 9.57. The van der Waals surface area contributed by atoms with E-state index >= 15 is 0 Å². The molecule has 1 atom stereocenters. The Morgan fingerprint density at radius 1 is 1.70 bits per heavy atom. The average molecular weight is 144 g/mol. The first kappa shape index (κ1) is 4.88. The number of Topliss-reactive ketones (excluding diaryl/α,β-unsaturated/α-hetero) is 1. The molecule has 0 aromatic heterocycles. The summed E-state index contributed by atoms with van der Waals surface area (Å²) in [5.74, 6) is -1.22. The Bertz CT molecular complexity index is 249. The number of carbonyl (C=O) groups is 2. The topological polar surface area (TPSA) is 43.4 Å². The van der Waals surface area contributed by atoms with Gasteiger partial charge in [0.25, 0.3) is 0 Å². The Balaban J connectivity index is 2.94. The van der Waals surface area contributed by atoms with Crippen molar-refractivity contribution in [2.24, 2.45) is 5.41 Å². The zero-order valence-electron chi connectivity index (χ0n) is 7.93. The number of ketones is 1. The molecule has 0 bridgehead atoms. The van der Waals surface area contributed by atoms with Crippen LogP contribution in [-0.2, 0) is 14.3 Å². The summed E-state index contributed by atoms with van der Waals surface area (Å²) in [6, 6.07) is 0. The third-order valence-electron chi connectivity index (χ3n) is 1.67. The van der Waals surface area contributed by atoms with Crippen molar-refractivity contribution in [3.05, 3.63) is 0 Å². The summed E-state index contributed by atoms with van der Waals surface area (Å²) in [6.45, 7) is 1.21. The minimum absolute atomic E-state index is 0.0536. The Morgan fingerprint density at radius 2 is 2.20 bits per heavy atom. The Kier molecular flexibility index (Phi) is 1.01. The van der Waals surface area contributed by atoms with Gasteiger partial charge in [0.1, 0.15) is 11.2 Å². The molecule has 0 heterocycles. The van der Waals surface area contributed by atoms with Gasteiger partial charge in [-0.05, 0) is 19.7 Å². The lowest BCUT2D eigenvalue weighted by atomic mass is 10.0. The van der Waals surface area contributed by atoms with E-state index in [0.717, 1.165) is 7.11 Å². The van der Waals surface area contributed by atoms with Crippen LogP contribution in [0.5, 0.6) is 0 Å². The minimum atomic E-state index is -1.72. The molecule has 0 N–H and O–H groups in total. The number of esters is 1. The van der Waals surface area contributed by atoms with E-state index in [1.165, 1.54) is 6.92 Å². The average Bonchev–Trinajstić information content (AvgIpc) is 2.54. The highest BCUT2D eigenvalue weighted by Gasteiger charge is 2.55. The largest absolute Gasteiger partial charge is 0.468 e. The third-order valence-corrected chi connectivity index (χ3v) is 1.67. The van der Waals surface area contributed by atoms with Crippen molar-refractivity contribution in [2.45, 2.75) is 19.7 Å². The lowest BCUT2D eigenvalue weighted by molar-refractivity contribution is -0.150. The number of ether oxygens (including phenoxy) is 1. The van der Waals surface area contributed by atoms with Gasteiger partial charge in [0.05, 0.1) is 7.11 Å². The number of hydrogen-bond acceptors (Lipinski definition) is 3. The number of hydrogen-bond donors (Lipinski definition) is 0. The normalized spacial score (nSPS) is 37.4. The molecule has 0 aromatic rings. The first-order chi connectivity index (χ1) is 5.38. The second-order valence-electron chi connectivity index (χ2n) is 2.31. The number of methoxy groups -OCH3 is 1.